The molecular formula is C90H130N24O12. The summed E-state index contributed by atoms with van der Waals surface area (Å²) in [5.74, 6) is 5.81. The number of nitrogens with zero attached hydrogens (tertiary/aromatic N) is 16. The van der Waals surface area contributed by atoms with E-state index < -0.39 is 73.6 Å². The normalized spacial score (nSPS) is 26.8. The lowest BCUT2D eigenvalue weighted by molar-refractivity contribution is -0.956. The van der Waals surface area contributed by atoms with Gasteiger partial charge < -0.3 is 103 Å². The van der Waals surface area contributed by atoms with Crippen molar-refractivity contribution in [2.24, 2.45) is 17.8 Å². The van der Waals surface area contributed by atoms with Gasteiger partial charge in [-0.2, -0.15) is 0 Å². The van der Waals surface area contributed by atoms with Crippen LogP contribution in [0.2, 0.25) is 0 Å². The molecule has 36 nitrogen and oxygen atoms in total. The number of hydrogen-bond acceptors (Lipinski definition) is 28. The minimum absolute atomic E-state index is 0. The first-order valence-electron chi connectivity index (χ1n) is 44.4. The van der Waals surface area contributed by atoms with Crippen LogP contribution in [-0.4, -0.2) is 257 Å². The minimum atomic E-state index is -1.12. The van der Waals surface area contributed by atoms with E-state index in [1.54, 1.807) is 13.7 Å². The second-order valence-corrected chi connectivity index (χ2v) is 39.5. The summed E-state index contributed by atoms with van der Waals surface area (Å²) in [6.45, 7) is 32.5. The molecule has 3 aromatic carbocycles. The molecule has 0 spiro atoms. The molecule has 0 amide bonds. The van der Waals surface area contributed by atoms with Crippen LogP contribution in [0.5, 0.6) is 0 Å². The minimum Gasteiger partial charge on any atom is -0.870 e. The number of aromatic amines is 3. The van der Waals surface area contributed by atoms with Gasteiger partial charge in [-0.15, -0.1) is 0 Å². The summed E-state index contributed by atoms with van der Waals surface area (Å²) in [6, 6.07) is 21.6. The van der Waals surface area contributed by atoms with E-state index in [0.29, 0.717) is 101 Å². The number of aliphatic hydroxyl groups excluding tert-OH is 7. The third-order valence-corrected chi connectivity index (χ3v) is 27.5. The van der Waals surface area contributed by atoms with Crippen LogP contribution in [0.4, 0.5) is 17.5 Å². The summed E-state index contributed by atoms with van der Waals surface area (Å²) in [7, 11) is 0. The van der Waals surface area contributed by atoms with Crippen LogP contribution in [0.1, 0.15) is 208 Å². The summed E-state index contributed by atoms with van der Waals surface area (Å²) < 4.78 is 23.6. The third-order valence-electron chi connectivity index (χ3n) is 27.5. The van der Waals surface area contributed by atoms with Gasteiger partial charge in [0.25, 0.3) is 0 Å². The molecule has 6 fully saturated rings. The van der Waals surface area contributed by atoms with E-state index in [9.17, 15) is 35.7 Å². The van der Waals surface area contributed by atoms with Gasteiger partial charge in [-0.05, 0) is 155 Å². The van der Waals surface area contributed by atoms with Crippen LogP contribution in [0.3, 0.4) is 0 Å². The highest BCUT2D eigenvalue weighted by Crippen LogP contribution is 2.42. The van der Waals surface area contributed by atoms with Crippen molar-refractivity contribution in [2.75, 3.05) is 43.4 Å². The Morgan fingerprint density at radius 2 is 0.770 bits per heavy atom. The van der Waals surface area contributed by atoms with E-state index in [1.165, 1.54) is 58.9 Å². The number of aryl methyl sites for hydroxylation is 3. The number of anilines is 3. The van der Waals surface area contributed by atoms with E-state index in [4.69, 9.17) is 46.4 Å². The van der Waals surface area contributed by atoms with Crippen molar-refractivity contribution in [1.82, 2.24) is 93.4 Å². The number of quaternary nitrogens is 2. The summed E-state index contributed by atoms with van der Waals surface area (Å²) in [4.78, 5) is 67.8. The maximum absolute atomic E-state index is 11.0. The summed E-state index contributed by atoms with van der Waals surface area (Å²) >= 11 is 0. The zero-order valence-corrected chi connectivity index (χ0v) is 74.7. The Morgan fingerprint density at radius 1 is 0.444 bits per heavy atom. The Labute approximate surface area is 732 Å². The topological polar surface area (TPSA) is 536 Å². The molecule has 126 heavy (non-hydrogen) atoms. The fourth-order valence-corrected chi connectivity index (χ4v) is 19.5. The molecule has 36 heteroatoms. The number of aliphatic hydroxyl groups is 7. The van der Waals surface area contributed by atoms with E-state index >= 15 is 0 Å². The van der Waals surface area contributed by atoms with Gasteiger partial charge in [-0.25, -0.2) is 59.8 Å². The van der Waals surface area contributed by atoms with Crippen LogP contribution in [0.25, 0.3) is 66.6 Å². The highest BCUT2D eigenvalue weighted by atomic mass is 16.6. The van der Waals surface area contributed by atoms with Crippen molar-refractivity contribution in [3.63, 3.8) is 0 Å². The van der Waals surface area contributed by atoms with Crippen molar-refractivity contribution >= 4 is 84.0 Å². The molecule has 3 saturated carbocycles. The molecule has 14 atom stereocenters. The Balaban J connectivity index is 0.000000152. The van der Waals surface area contributed by atoms with Gasteiger partial charge >= 0.3 is 0 Å². The number of ether oxygens (including phenoxy) is 3. The van der Waals surface area contributed by atoms with Crippen molar-refractivity contribution in [1.29, 1.82) is 0 Å². The van der Waals surface area contributed by atoms with Gasteiger partial charge in [0, 0.05) is 69.0 Å². The smallest absolute Gasteiger partial charge is 0.167 e. The number of nitrogen functional groups attached to an aromatic ring is 3. The number of hydrogen-bond donors (Lipinski definition) is 15. The number of imidazole rings is 6. The lowest BCUT2D eigenvalue weighted by Gasteiger charge is -2.46. The molecule has 2 unspecified atom stereocenters. The number of nitrogens with two attached hydrogens (primary N) is 3. The highest BCUT2D eigenvalue weighted by molar-refractivity contribution is 5.83. The van der Waals surface area contributed by atoms with E-state index in [2.05, 4.69) is 190 Å². The number of H-pyrrole nitrogens is 3. The first-order chi connectivity index (χ1) is 59.0. The zero-order chi connectivity index (χ0) is 87.9. The van der Waals surface area contributed by atoms with Crippen LogP contribution in [-0.2, 0) is 49.7 Å². The van der Waals surface area contributed by atoms with Crippen molar-refractivity contribution in [3.8, 4) is 0 Å². The standard InChI is InChI=1S/C30H42N8O4.2C30H42N8O3.2H2O/c1-16(2)37(12-22-25(40)26(41)29(42-22)38-15-34-24-27(31)32-14-33-28(24)38)19-9-17(10-19)5-8-23-35-20-7-6-18(11-21(20)36-23)30(3,4)13-39;2*1-16(2)37(13-22-25(39)26(40)29(41-22)38-15-34-24-27(31)32-14-33-28(24)38)19-10-17(11-19)6-9-23-35-20-8-7-18(30(3,4)5)12-21(20)36-23;;/h6-7,11,14-17,19,22,25-26,29,39-41H,5,8-10,12-13H2,1-4H3,(H,35,36)(H2,31,32,33);2*7-8,12,14-17,19,22,25-26,29,39-40H,6,9-11,13H2,1-5H3,(H,35,36)(H2,31,32,33);2*1H2/t3*17?,19?,22-,25-,26-,29-;;/m111../s1. The number of nitrogens with one attached hydrogen (secondary N) is 5. The summed E-state index contributed by atoms with van der Waals surface area (Å²) in [6.07, 6.45) is 11.1. The highest BCUT2D eigenvalue weighted by Gasteiger charge is 2.52. The van der Waals surface area contributed by atoms with Gasteiger partial charge in [0.15, 0.2) is 53.1 Å². The molecule has 9 aromatic heterocycles. The van der Waals surface area contributed by atoms with Crippen LogP contribution < -0.4 is 27.0 Å². The predicted octanol–water partition coefficient (Wildman–Crippen LogP) is 5.75. The van der Waals surface area contributed by atoms with Crippen molar-refractivity contribution in [2.45, 2.75) is 300 Å². The average molecular weight is 1740 g/mol. The lowest BCUT2D eigenvalue weighted by Crippen LogP contribution is -3.20. The Bertz CT molecular complexity index is 5450. The average Bonchev–Trinajstić information content (AvgIpc) is 1.63. The fraction of sp³-hybridized carbons (Fsp3) is 0.600. The number of fused-ring (bicyclic) bond motifs is 6. The summed E-state index contributed by atoms with van der Waals surface area (Å²) in [5, 5.41) is 75.3. The first kappa shape index (κ1) is 92.7. The molecular weight excluding hydrogens is 1610 g/mol. The van der Waals surface area contributed by atoms with Crippen LogP contribution in [0.15, 0.2) is 92.6 Å². The van der Waals surface area contributed by atoms with E-state index in [0.717, 1.165) is 133 Å². The Morgan fingerprint density at radius 3 is 1.10 bits per heavy atom. The van der Waals surface area contributed by atoms with Crippen LogP contribution >= 0.6 is 0 Å². The predicted molar refractivity (Wildman–Crippen MR) is 475 cm³/mol. The second-order valence-electron chi connectivity index (χ2n) is 39.5. The second kappa shape index (κ2) is 37.3. The monoisotopic (exact) mass is 1740 g/mol. The number of rotatable bonds is 26. The number of aromatic nitrogens is 18. The molecule has 0 radical (unpaired) electrons. The van der Waals surface area contributed by atoms with Crippen molar-refractivity contribution < 1.29 is 70.7 Å². The van der Waals surface area contributed by atoms with Crippen LogP contribution in [0, 0.1) is 17.8 Å². The molecule has 12 aromatic rings. The van der Waals surface area contributed by atoms with Gasteiger partial charge in [0.2, 0.25) is 0 Å². The Hall–Kier alpha value is -9.48. The molecule has 682 valence electrons. The maximum atomic E-state index is 11.0. The quantitative estimate of drug-likeness (QED) is 0.0306. The Kier molecular flexibility index (Phi) is 27.4. The van der Waals surface area contributed by atoms with Gasteiger partial charge in [0.1, 0.15) is 121 Å². The third kappa shape index (κ3) is 19.0. The number of benzene rings is 3. The molecule has 6 aliphatic rings. The fourth-order valence-electron chi connectivity index (χ4n) is 19.5. The zero-order valence-electron chi connectivity index (χ0n) is 74.7. The van der Waals surface area contributed by atoms with E-state index in [-0.39, 0.29) is 57.3 Å². The van der Waals surface area contributed by atoms with Crippen molar-refractivity contribution in [3.05, 3.63) is 127 Å². The molecule has 3 aliphatic heterocycles. The largest absolute Gasteiger partial charge is 0.870 e. The molecule has 12 heterocycles. The lowest BCUT2D eigenvalue weighted by atomic mass is 9.76. The maximum Gasteiger partial charge on any atom is 0.167 e. The first-order valence-corrected chi connectivity index (χ1v) is 44.4. The molecule has 0 bridgehead atoms. The van der Waals surface area contributed by atoms with Gasteiger partial charge in [-0.1, -0.05) is 73.6 Å². The van der Waals surface area contributed by atoms with Gasteiger partial charge in [0.05, 0.1) is 82.9 Å². The summed E-state index contributed by atoms with van der Waals surface area (Å²) in [5.41, 5.74) is 30.4. The molecule has 3 aliphatic carbocycles. The SMILES string of the molecule is CC(C)N(C[C@H]1O[C@@H](n2cnc3c(N)ncnc32)[C@H](O)[C@@H]1O)C1CC(CCc2nc3ccc(C(C)(C)CO)cc3[nH]2)C1.CC(C)[NH+](C[C@H]1O[C@@H](n2cnc3c(N)ncnc32)[C@H](O)[C@@H]1O)C1CC(CCc2nc3ccc(C(C)(C)C)cc3[nH]2)C1.CC(C)[NH+](C[C@H]1O[C@@H](n2cnc3c(N)ncnc32)[C@H](O)[C@@H]1O)C1CC(CCc2nc3ccc(C(C)(C)C)cc3[nH]2)C1.[OH-].[OH-]. The van der Waals surface area contributed by atoms with Gasteiger partial charge in [-0.3, -0.25) is 18.6 Å². The molecule has 18 rings (SSSR count). The molecule has 3 saturated heterocycles. The molecule has 20 N–H and O–H groups in total. The van der Waals surface area contributed by atoms with E-state index in [1.807, 2.05) is 26.0 Å².